The van der Waals surface area contributed by atoms with Gasteiger partial charge in [-0.3, -0.25) is 4.90 Å². The highest BCUT2D eigenvalue weighted by Gasteiger charge is 2.39. The lowest BCUT2D eigenvalue weighted by Gasteiger charge is -2.23. The van der Waals surface area contributed by atoms with E-state index in [1.165, 1.54) is 0 Å². The maximum Gasteiger partial charge on any atom is 0.261 e. The van der Waals surface area contributed by atoms with Crippen LogP contribution in [-0.2, 0) is 0 Å². The Labute approximate surface area is 71.7 Å². The molecule has 1 heterocycles. The molecule has 0 saturated carbocycles. The Kier molecular flexibility index (Phi) is 3.01. The lowest BCUT2D eigenvalue weighted by molar-refractivity contribution is 0.00816. The van der Waals surface area contributed by atoms with E-state index in [9.17, 15) is 8.78 Å². The van der Waals surface area contributed by atoms with Crippen molar-refractivity contribution in [3.8, 4) is 0 Å². The number of hydrogen-bond donors (Lipinski definition) is 1. The van der Waals surface area contributed by atoms with E-state index < -0.39 is 5.92 Å². The molecule has 0 bridgehead atoms. The van der Waals surface area contributed by atoms with Gasteiger partial charge in [0, 0.05) is 19.0 Å². The second-order valence-electron chi connectivity index (χ2n) is 3.50. The van der Waals surface area contributed by atoms with Gasteiger partial charge in [-0.05, 0) is 19.9 Å². The molecule has 1 aliphatic rings. The summed E-state index contributed by atoms with van der Waals surface area (Å²) in [5.41, 5.74) is 5.35. The first-order valence-corrected chi connectivity index (χ1v) is 4.37. The fourth-order valence-corrected chi connectivity index (χ4v) is 1.56. The van der Waals surface area contributed by atoms with Gasteiger partial charge in [0.05, 0.1) is 6.54 Å². The monoisotopic (exact) mass is 178 g/mol. The number of rotatable bonds is 3. The normalized spacial score (nSPS) is 26.0. The quantitative estimate of drug-likeness (QED) is 0.700. The van der Waals surface area contributed by atoms with Gasteiger partial charge in [0.1, 0.15) is 0 Å². The van der Waals surface area contributed by atoms with Gasteiger partial charge in [0.25, 0.3) is 5.92 Å². The molecule has 4 heteroatoms. The van der Waals surface area contributed by atoms with E-state index in [0.717, 1.165) is 6.42 Å². The van der Waals surface area contributed by atoms with Crippen molar-refractivity contribution in [3.05, 3.63) is 0 Å². The molecule has 0 amide bonds. The van der Waals surface area contributed by atoms with Crippen LogP contribution >= 0.6 is 0 Å². The van der Waals surface area contributed by atoms with Crippen molar-refractivity contribution < 1.29 is 8.78 Å². The molecule has 2 nitrogen and oxygen atoms in total. The van der Waals surface area contributed by atoms with Crippen LogP contribution in [0.15, 0.2) is 0 Å². The number of halogens is 2. The predicted molar refractivity (Wildman–Crippen MR) is 44.3 cm³/mol. The minimum atomic E-state index is -2.47. The molecule has 0 spiro atoms. The van der Waals surface area contributed by atoms with Crippen molar-refractivity contribution >= 4 is 0 Å². The molecule has 1 aliphatic heterocycles. The van der Waals surface area contributed by atoms with E-state index in [1.54, 1.807) is 0 Å². The van der Waals surface area contributed by atoms with E-state index in [-0.39, 0.29) is 19.0 Å². The molecule has 1 fully saturated rings. The van der Waals surface area contributed by atoms with Gasteiger partial charge >= 0.3 is 0 Å². The van der Waals surface area contributed by atoms with Gasteiger partial charge in [0.15, 0.2) is 0 Å². The molecule has 1 unspecified atom stereocenters. The van der Waals surface area contributed by atoms with E-state index in [2.05, 4.69) is 0 Å². The molecule has 72 valence electrons. The summed E-state index contributed by atoms with van der Waals surface area (Å²) in [4.78, 5) is 1.81. The minimum absolute atomic E-state index is 0.00190. The Morgan fingerprint density at radius 2 is 2.25 bits per heavy atom. The van der Waals surface area contributed by atoms with Gasteiger partial charge in [-0.25, -0.2) is 8.78 Å². The summed E-state index contributed by atoms with van der Waals surface area (Å²) in [7, 11) is 0. The second-order valence-corrected chi connectivity index (χ2v) is 3.50. The van der Waals surface area contributed by atoms with Crippen LogP contribution in [-0.4, -0.2) is 36.5 Å². The zero-order valence-corrected chi connectivity index (χ0v) is 7.39. The first-order chi connectivity index (χ1) is 5.55. The maximum absolute atomic E-state index is 12.7. The number of hydrogen-bond acceptors (Lipinski definition) is 2. The summed E-state index contributed by atoms with van der Waals surface area (Å²) in [6, 6.07) is 0.198. The van der Waals surface area contributed by atoms with Crippen molar-refractivity contribution in [1.29, 1.82) is 0 Å². The molecule has 1 rings (SSSR count). The maximum atomic E-state index is 12.7. The molecular weight excluding hydrogens is 162 g/mol. The fourth-order valence-electron chi connectivity index (χ4n) is 1.56. The molecule has 0 radical (unpaired) electrons. The van der Waals surface area contributed by atoms with Gasteiger partial charge < -0.3 is 5.73 Å². The zero-order chi connectivity index (χ0) is 9.19. The lowest BCUT2D eigenvalue weighted by atomic mass is 10.2. The summed E-state index contributed by atoms with van der Waals surface area (Å²) in [5.74, 6) is -2.47. The van der Waals surface area contributed by atoms with Crippen molar-refractivity contribution in [3.63, 3.8) is 0 Å². The van der Waals surface area contributed by atoms with Crippen LogP contribution < -0.4 is 5.73 Å². The Bertz CT molecular complexity index is 150. The number of likely N-dealkylation sites (tertiary alicyclic amines) is 1. The number of alkyl halides is 2. The van der Waals surface area contributed by atoms with Gasteiger partial charge in [-0.15, -0.1) is 0 Å². The number of nitrogens with zero attached hydrogens (tertiary/aromatic N) is 1. The average Bonchev–Trinajstić information content (AvgIpc) is 2.31. The van der Waals surface area contributed by atoms with E-state index >= 15 is 0 Å². The largest absolute Gasteiger partial charge is 0.330 e. The van der Waals surface area contributed by atoms with E-state index in [1.807, 2.05) is 11.8 Å². The molecule has 12 heavy (non-hydrogen) atoms. The van der Waals surface area contributed by atoms with Crippen LogP contribution in [0.4, 0.5) is 8.78 Å². The molecule has 0 aromatic heterocycles. The van der Waals surface area contributed by atoms with Crippen LogP contribution in [0.1, 0.15) is 19.8 Å². The topological polar surface area (TPSA) is 29.3 Å². The fraction of sp³-hybridized carbons (Fsp3) is 1.00. The van der Waals surface area contributed by atoms with Crippen LogP contribution in [0.25, 0.3) is 0 Å². The Morgan fingerprint density at radius 1 is 1.58 bits per heavy atom. The minimum Gasteiger partial charge on any atom is -0.330 e. The van der Waals surface area contributed by atoms with Gasteiger partial charge in [-0.2, -0.15) is 0 Å². The lowest BCUT2D eigenvalue weighted by Crippen LogP contribution is -2.34. The second kappa shape index (κ2) is 3.66. The summed E-state index contributed by atoms with van der Waals surface area (Å²) in [6.07, 6.45) is 0.804. The first kappa shape index (κ1) is 9.86. The van der Waals surface area contributed by atoms with Crippen molar-refractivity contribution in [2.45, 2.75) is 31.7 Å². The van der Waals surface area contributed by atoms with Crippen LogP contribution in [0.2, 0.25) is 0 Å². The van der Waals surface area contributed by atoms with E-state index in [4.69, 9.17) is 5.73 Å². The summed E-state index contributed by atoms with van der Waals surface area (Å²) in [6.45, 7) is 2.94. The molecule has 2 N–H and O–H groups in total. The molecule has 1 atom stereocenters. The highest BCUT2D eigenvalue weighted by Crippen LogP contribution is 2.28. The van der Waals surface area contributed by atoms with Crippen molar-refractivity contribution in [2.75, 3.05) is 19.6 Å². The van der Waals surface area contributed by atoms with E-state index in [0.29, 0.717) is 13.1 Å². The Balaban J connectivity index is 2.36. The van der Waals surface area contributed by atoms with Gasteiger partial charge in [-0.1, -0.05) is 0 Å². The predicted octanol–water partition coefficient (Wildman–Crippen LogP) is 1.06. The molecule has 0 aliphatic carbocycles. The Hall–Kier alpha value is -0.220. The molecule has 0 aromatic rings. The average molecular weight is 178 g/mol. The first-order valence-electron chi connectivity index (χ1n) is 4.37. The third-order valence-corrected chi connectivity index (χ3v) is 2.41. The molecule has 1 saturated heterocycles. The third-order valence-electron chi connectivity index (χ3n) is 2.41. The summed E-state index contributed by atoms with van der Waals surface area (Å²) < 4.78 is 25.4. The van der Waals surface area contributed by atoms with Gasteiger partial charge in [0.2, 0.25) is 0 Å². The van der Waals surface area contributed by atoms with Crippen LogP contribution in [0.3, 0.4) is 0 Å². The summed E-state index contributed by atoms with van der Waals surface area (Å²) >= 11 is 0. The van der Waals surface area contributed by atoms with Crippen molar-refractivity contribution in [1.82, 2.24) is 4.90 Å². The molecular formula is C8H16F2N2. The van der Waals surface area contributed by atoms with Crippen molar-refractivity contribution in [2.24, 2.45) is 5.73 Å². The highest BCUT2D eigenvalue weighted by molar-refractivity contribution is 4.84. The molecule has 0 aromatic carbocycles. The zero-order valence-electron chi connectivity index (χ0n) is 7.39. The number of nitrogens with two attached hydrogens (primary N) is 1. The highest BCUT2D eigenvalue weighted by atomic mass is 19.3. The van der Waals surface area contributed by atoms with Crippen LogP contribution in [0, 0.1) is 0 Å². The third kappa shape index (κ3) is 2.38. The standard InChI is InChI=1S/C8H16F2N2/c1-7(2-4-11)12-5-3-8(9,10)6-12/h7H,2-6,11H2,1H3. The van der Waals surface area contributed by atoms with Crippen LogP contribution in [0.5, 0.6) is 0 Å². The summed E-state index contributed by atoms with van der Waals surface area (Å²) in [5, 5.41) is 0. The Morgan fingerprint density at radius 3 is 2.67 bits per heavy atom. The smallest absolute Gasteiger partial charge is 0.261 e. The SMILES string of the molecule is CC(CCN)N1CCC(F)(F)C1.